The third-order valence-corrected chi connectivity index (χ3v) is 3.81. The molecule has 0 spiro atoms. The molecule has 2 amide bonds. The van der Waals surface area contributed by atoms with E-state index in [0.717, 1.165) is 6.42 Å². The van der Waals surface area contributed by atoms with Crippen LogP contribution in [-0.2, 0) is 9.59 Å². The number of hydrogen-bond donors (Lipinski definition) is 4. The summed E-state index contributed by atoms with van der Waals surface area (Å²) in [5.41, 5.74) is 0. The number of carboxylic acid groups (broad SMARTS) is 2. The van der Waals surface area contributed by atoms with Gasteiger partial charge in [0.2, 0.25) is 0 Å². The molecule has 0 aliphatic heterocycles. The smallest absolute Gasteiger partial charge is 0.326 e. The fraction of sp³-hybridized carbons (Fsp3) is 0.786. The molecule has 0 radical (unpaired) electrons. The normalized spacial score (nSPS) is 17.0. The van der Waals surface area contributed by atoms with Crippen LogP contribution in [-0.4, -0.2) is 40.8 Å². The highest BCUT2D eigenvalue weighted by molar-refractivity contribution is 5.82. The summed E-state index contributed by atoms with van der Waals surface area (Å²) in [4.78, 5) is 33.0. The van der Waals surface area contributed by atoms with E-state index in [4.69, 9.17) is 10.2 Å². The van der Waals surface area contributed by atoms with Crippen LogP contribution in [0.15, 0.2) is 0 Å². The number of urea groups is 1. The lowest BCUT2D eigenvalue weighted by Crippen LogP contribution is -2.46. The lowest BCUT2D eigenvalue weighted by molar-refractivity contribution is -0.140. The molecule has 0 aromatic rings. The molecular formula is C14H24N2O5. The minimum Gasteiger partial charge on any atom is -0.481 e. The Morgan fingerprint density at radius 1 is 1.10 bits per heavy atom. The SMILES string of the molecule is O=C(O)CC[C@H](NC(=O)NCCC1CCCCC1)C(=O)O. The van der Waals surface area contributed by atoms with E-state index in [1.54, 1.807) is 0 Å². The molecule has 0 unspecified atom stereocenters. The summed E-state index contributed by atoms with van der Waals surface area (Å²) in [6.07, 6.45) is 6.65. The molecule has 7 nitrogen and oxygen atoms in total. The van der Waals surface area contributed by atoms with Gasteiger partial charge in [-0.25, -0.2) is 9.59 Å². The number of amides is 2. The summed E-state index contributed by atoms with van der Waals surface area (Å²) in [7, 11) is 0. The Bertz CT molecular complexity index is 366. The topological polar surface area (TPSA) is 116 Å². The van der Waals surface area contributed by atoms with E-state index in [1.807, 2.05) is 0 Å². The van der Waals surface area contributed by atoms with Crippen molar-refractivity contribution >= 4 is 18.0 Å². The molecule has 1 aliphatic carbocycles. The molecule has 1 fully saturated rings. The zero-order valence-corrected chi connectivity index (χ0v) is 12.1. The molecule has 0 saturated heterocycles. The van der Waals surface area contributed by atoms with Crippen molar-refractivity contribution in [2.45, 2.75) is 57.4 Å². The van der Waals surface area contributed by atoms with Crippen molar-refractivity contribution in [1.82, 2.24) is 10.6 Å². The van der Waals surface area contributed by atoms with Crippen molar-refractivity contribution in [3.63, 3.8) is 0 Å². The second-order valence-corrected chi connectivity index (χ2v) is 5.52. The van der Waals surface area contributed by atoms with Crippen LogP contribution in [0.1, 0.15) is 51.4 Å². The number of carboxylic acids is 2. The van der Waals surface area contributed by atoms with Crippen molar-refractivity contribution in [3.8, 4) is 0 Å². The van der Waals surface area contributed by atoms with Gasteiger partial charge in [-0.15, -0.1) is 0 Å². The van der Waals surface area contributed by atoms with E-state index in [2.05, 4.69) is 10.6 Å². The van der Waals surface area contributed by atoms with Gasteiger partial charge in [-0.1, -0.05) is 32.1 Å². The Balaban J connectivity index is 2.22. The maximum absolute atomic E-state index is 11.6. The second kappa shape index (κ2) is 9.20. The first kappa shape index (κ1) is 17.3. The molecule has 4 N–H and O–H groups in total. The third-order valence-electron chi connectivity index (χ3n) is 3.81. The van der Waals surface area contributed by atoms with Crippen molar-refractivity contribution in [2.24, 2.45) is 5.92 Å². The molecule has 1 aliphatic rings. The van der Waals surface area contributed by atoms with Gasteiger partial charge >= 0.3 is 18.0 Å². The zero-order chi connectivity index (χ0) is 15.7. The first-order chi connectivity index (χ1) is 9.99. The Hall–Kier alpha value is -1.79. The summed E-state index contributed by atoms with van der Waals surface area (Å²) in [6.45, 7) is 0.516. The number of aliphatic carboxylic acids is 2. The molecule has 7 heteroatoms. The van der Waals surface area contributed by atoms with Gasteiger partial charge in [0.25, 0.3) is 0 Å². The number of nitrogens with one attached hydrogen (secondary N) is 2. The molecule has 1 saturated carbocycles. The van der Waals surface area contributed by atoms with E-state index >= 15 is 0 Å². The van der Waals surface area contributed by atoms with E-state index in [9.17, 15) is 14.4 Å². The van der Waals surface area contributed by atoms with Crippen LogP contribution in [0.4, 0.5) is 4.79 Å². The van der Waals surface area contributed by atoms with Gasteiger partial charge in [-0.05, 0) is 18.8 Å². The van der Waals surface area contributed by atoms with Crippen molar-refractivity contribution in [3.05, 3.63) is 0 Å². The van der Waals surface area contributed by atoms with E-state index < -0.39 is 24.0 Å². The van der Waals surface area contributed by atoms with Crippen LogP contribution in [0.2, 0.25) is 0 Å². The van der Waals surface area contributed by atoms with Gasteiger partial charge in [-0.3, -0.25) is 4.79 Å². The van der Waals surface area contributed by atoms with Gasteiger partial charge in [0.15, 0.2) is 0 Å². The van der Waals surface area contributed by atoms with Crippen LogP contribution >= 0.6 is 0 Å². The summed E-state index contributed by atoms with van der Waals surface area (Å²) < 4.78 is 0. The van der Waals surface area contributed by atoms with Gasteiger partial charge in [0, 0.05) is 13.0 Å². The van der Waals surface area contributed by atoms with E-state index in [0.29, 0.717) is 12.5 Å². The largest absolute Gasteiger partial charge is 0.481 e. The fourth-order valence-corrected chi connectivity index (χ4v) is 2.60. The molecule has 1 atom stereocenters. The van der Waals surface area contributed by atoms with Crippen molar-refractivity contribution in [1.29, 1.82) is 0 Å². The summed E-state index contributed by atoms with van der Waals surface area (Å²) in [6, 6.07) is -1.72. The minimum atomic E-state index is -1.22. The minimum absolute atomic E-state index is 0.124. The fourth-order valence-electron chi connectivity index (χ4n) is 2.60. The van der Waals surface area contributed by atoms with E-state index in [-0.39, 0.29) is 12.8 Å². The molecule has 0 aromatic heterocycles. The molecular weight excluding hydrogens is 276 g/mol. The molecule has 21 heavy (non-hydrogen) atoms. The monoisotopic (exact) mass is 300 g/mol. The van der Waals surface area contributed by atoms with E-state index in [1.165, 1.54) is 32.1 Å². The lowest BCUT2D eigenvalue weighted by Gasteiger charge is -2.21. The first-order valence-electron chi connectivity index (χ1n) is 7.48. The average molecular weight is 300 g/mol. The summed E-state index contributed by atoms with van der Waals surface area (Å²) >= 11 is 0. The van der Waals surface area contributed by atoms with Gasteiger partial charge < -0.3 is 20.8 Å². The number of carbonyl (C=O) groups excluding carboxylic acids is 1. The quantitative estimate of drug-likeness (QED) is 0.543. The number of carbonyl (C=O) groups is 3. The number of hydrogen-bond acceptors (Lipinski definition) is 3. The van der Waals surface area contributed by atoms with Crippen molar-refractivity contribution in [2.75, 3.05) is 6.54 Å². The highest BCUT2D eigenvalue weighted by atomic mass is 16.4. The molecule has 0 heterocycles. The predicted molar refractivity (Wildman–Crippen MR) is 76.0 cm³/mol. The summed E-state index contributed by atoms with van der Waals surface area (Å²) in [5.74, 6) is -1.67. The van der Waals surface area contributed by atoms with Crippen molar-refractivity contribution < 1.29 is 24.6 Å². The van der Waals surface area contributed by atoms with Crippen LogP contribution in [0.25, 0.3) is 0 Å². The lowest BCUT2D eigenvalue weighted by atomic mass is 9.87. The maximum atomic E-state index is 11.6. The molecule has 120 valence electrons. The molecule has 0 aromatic carbocycles. The number of rotatable bonds is 8. The zero-order valence-electron chi connectivity index (χ0n) is 12.1. The Labute approximate surface area is 124 Å². The summed E-state index contributed by atoms with van der Waals surface area (Å²) in [5, 5.41) is 22.4. The highest BCUT2D eigenvalue weighted by Gasteiger charge is 2.21. The Morgan fingerprint density at radius 2 is 1.76 bits per heavy atom. The van der Waals surface area contributed by atoms with Crippen LogP contribution in [0.3, 0.4) is 0 Å². The standard InChI is InChI=1S/C14H24N2O5/c17-12(18)7-6-11(13(19)20)16-14(21)15-9-8-10-4-2-1-3-5-10/h10-11H,1-9H2,(H,17,18)(H,19,20)(H2,15,16,21)/t11-/m0/s1. The first-order valence-corrected chi connectivity index (χ1v) is 7.48. The van der Waals surface area contributed by atoms with Crippen LogP contribution in [0, 0.1) is 5.92 Å². The van der Waals surface area contributed by atoms with Crippen LogP contribution in [0.5, 0.6) is 0 Å². The van der Waals surface area contributed by atoms with Gasteiger partial charge in [0.1, 0.15) is 6.04 Å². The third kappa shape index (κ3) is 7.53. The molecule has 1 rings (SSSR count). The Kier molecular flexibility index (Phi) is 7.56. The van der Waals surface area contributed by atoms with Crippen LogP contribution < -0.4 is 10.6 Å². The Morgan fingerprint density at radius 3 is 2.33 bits per heavy atom. The molecule has 0 bridgehead atoms. The maximum Gasteiger partial charge on any atom is 0.326 e. The van der Waals surface area contributed by atoms with Gasteiger partial charge in [-0.2, -0.15) is 0 Å². The highest BCUT2D eigenvalue weighted by Crippen LogP contribution is 2.25. The second-order valence-electron chi connectivity index (χ2n) is 5.52. The predicted octanol–water partition coefficient (Wildman–Crippen LogP) is 1.57. The average Bonchev–Trinajstić information content (AvgIpc) is 2.44. The van der Waals surface area contributed by atoms with Gasteiger partial charge in [0.05, 0.1) is 0 Å².